The van der Waals surface area contributed by atoms with E-state index in [1.54, 1.807) is 11.8 Å². The molecule has 1 heterocycles. The summed E-state index contributed by atoms with van der Waals surface area (Å²) in [5.74, 6) is 0.268. The molecule has 2 amide bonds. The van der Waals surface area contributed by atoms with Gasteiger partial charge in [-0.2, -0.15) is 0 Å². The zero-order valence-corrected chi connectivity index (χ0v) is 18.2. The standard InChI is InChI=1S/C25H23FN2O2S/c1-16(2)17-7-13-22(14-8-17)28-23(29)15-31-25(28)19-5-11-21(12-6-19)27-24(30)18-3-9-20(26)10-4-18/h3-14,16,25H,15H2,1-2H3,(H,27,30). The van der Waals surface area contributed by atoms with Gasteiger partial charge >= 0.3 is 0 Å². The van der Waals surface area contributed by atoms with E-state index < -0.39 is 0 Å². The summed E-state index contributed by atoms with van der Waals surface area (Å²) in [6, 6.07) is 21.0. The third-order valence-electron chi connectivity index (χ3n) is 5.27. The Hall–Kier alpha value is -3.12. The van der Waals surface area contributed by atoms with Gasteiger partial charge in [0.15, 0.2) is 0 Å². The van der Waals surface area contributed by atoms with E-state index in [2.05, 4.69) is 31.3 Å². The monoisotopic (exact) mass is 434 g/mol. The Balaban J connectivity index is 1.50. The number of amides is 2. The van der Waals surface area contributed by atoms with Crippen molar-refractivity contribution in [2.45, 2.75) is 25.1 Å². The maximum Gasteiger partial charge on any atom is 0.255 e. The number of thioether (sulfide) groups is 1. The number of nitrogens with one attached hydrogen (secondary N) is 1. The lowest BCUT2D eigenvalue weighted by molar-refractivity contribution is -0.115. The van der Waals surface area contributed by atoms with Crippen LogP contribution in [0.15, 0.2) is 72.8 Å². The van der Waals surface area contributed by atoms with E-state index in [-0.39, 0.29) is 23.0 Å². The molecule has 1 fully saturated rings. The number of hydrogen-bond donors (Lipinski definition) is 1. The van der Waals surface area contributed by atoms with Crippen LogP contribution in [-0.4, -0.2) is 17.6 Å². The molecule has 1 unspecified atom stereocenters. The van der Waals surface area contributed by atoms with Gasteiger partial charge in [0, 0.05) is 16.9 Å². The van der Waals surface area contributed by atoms with Gasteiger partial charge < -0.3 is 5.32 Å². The summed E-state index contributed by atoms with van der Waals surface area (Å²) < 4.78 is 13.0. The van der Waals surface area contributed by atoms with Crippen LogP contribution < -0.4 is 10.2 Å². The number of hydrogen-bond acceptors (Lipinski definition) is 3. The third-order valence-corrected chi connectivity index (χ3v) is 6.48. The topological polar surface area (TPSA) is 49.4 Å². The van der Waals surface area contributed by atoms with Gasteiger partial charge in [0.25, 0.3) is 5.91 Å². The van der Waals surface area contributed by atoms with Crippen LogP contribution in [0, 0.1) is 5.82 Å². The lowest BCUT2D eigenvalue weighted by Gasteiger charge is -2.25. The molecule has 0 bridgehead atoms. The van der Waals surface area contributed by atoms with Crippen LogP contribution in [0.2, 0.25) is 0 Å². The van der Waals surface area contributed by atoms with Gasteiger partial charge in [-0.15, -0.1) is 11.8 Å². The van der Waals surface area contributed by atoms with Crippen molar-refractivity contribution in [1.82, 2.24) is 0 Å². The summed E-state index contributed by atoms with van der Waals surface area (Å²) in [5.41, 5.74) is 4.14. The van der Waals surface area contributed by atoms with Gasteiger partial charge in [0.1, 0.15) is 11.2 Å². The number of rotatable bonds is 5. The Kier molecular flexibility index (Phi) is 6.09. The molecule has 0 spiro atoms. The summed E-state index contributed by atoms with van der Waals surface area (Å²) in [6.45, 7) is 4.29. The second-order valence-electron chi connectivity index (χ2n) is 7.76. The Labute approximate surface area is 185 Å². The minimum Gasteiger partial charge on any atom is -0.322 e. The van der Waals surface area contributed by atoms with E-state index in [9.17, 15) is 14.0 Å². The maximum absolute atomic E-state index is 13.0. The van der Waals surface area contributed by atoms with E-state index in [1.807, 2.05) is 41.3 Å². The molecule has 0 saturated carbocycles. The second-order valence-corrected chi connectivity index (χ2v) is 8.82. The summed E-state index contributed by atoms with van der Waals surface area (Å²) >= 11 is 1.59. The maximum atomic E-state index is 13.0. The Morgan fingerprint density at radius 2 is 1.65 bits per heavy atom. The number of halogens is 1. The molecule has 1 atom stereocenters. The minimum atomic E-state index is -0.382. The first-order valence-electron chi connectivity index (χ1n) is 10.1. The molecule has 0 radical (unpaired) electrons. The smallest absolute Gasteiger partial charge is 0.255 e. The summed E-state index contributed by atoms with van der Waals surface area (Å²) in [4.78, 5) is 26.8. The molecule has 0 aliphatic carbocycles. The first kappa shape index (κ1) is 21.1. The van der Waals surface area contributed by atoms with Crippen molar-refractivity contribution in [2.24, 2.45) is 0 Å². The Bertz CT molecular complexity index is 1080. The average Bonchev–Trinajstić information content (AvgIpc) is 3.16. The van der Waals surface area contributed by atoms with Gasteiger partial charge in [-0.1, -0.05) is 38.1 Å². The Morgan fingerprint density at radius 3 is 2.26 bits per heavy atom. The number of carbonyl (C=O) groups excluding carboxylic acids is 2. The molecule has 6 heteroatoms. The molecule has 1 aliphatic rings. The van der Waals surface area contributed by atoms with Gasteiger partial charge in [0.05, 0.1) is 5.75 Å². The molecule has 1 N–H and O–H groups in total. The fourth-order valence-corrected chi connectivity index (χ4v) is 4.68. The van der Waals surface area contributed by atoms with Crippen LogP contribution in [0.3, 0.4) is 0 Å². The van der Waals surface area contributed by atoms with Crippen molar-refractivity contribution in [3.05, 3.63) is 95.3 Å². The van der Waals surface area contributed by atoms with E-state index in [0.29, 0.717) is 22.9 Å². The molecule has 1 saturated heterocycles. The molecule has 3 aromatic carbocycles. The highest BCUT2D eigenvalue weighted by molar-refractivity contribution is 8.00. The van der Waals surface area contributed by atoms with Crippen molar-refractivity contribution in [1.29, 1.82) is 0 Å². The summed E-state index contributed by atoms with van der Waals surface area (Å²) in [6.07, 6.45) is 0. The summed E-state index contributed by atoms with van der Waals surface area (Å²) in [7, 11) is 0. The van der Waals surface area contributed by atoms with Crippen LogP contribution in [0.4, 0.5) is 15.8 Å². The molecule has 1 aliphatic heterocycles. The average molecular weight is 435 g/mol. The lowest BCUT2D eigenvalue weighted by Crippen LogP contribution is -2.27. The molecule has 0 aromatic heterocycles. The van der Waals surface area contributed by atoms with Gasteiger partial charge in [-0.05, 0) is 65.6 Å². The lowest BCUT2D eigenvalue weighted by atomic mass is 10.0. The summed E-state index contributed by atoms with van der Waals surface area (Å²) in [5, 5.41) is 2.70. The van der Waals surface area contributed by atoms with E-state index in [4.69, 9.17) is 0 Å². The largest absolute Gasteiger partial charge is 0.322 e. The molecule has 3 aromatic rings. The zero-order chi connectivity index (χ0) is 22.0. The predicted molar refractivity (Wildman–Crippen MR) is 124 cm³/mol. The van der Waals surface area contributed by atoms with Crippen molar-refractivity contribution in [3.63, 3.8) is 0 Å². The third kappa shape index (κ3) is 4.64. The Morgan fingerprint density at radius 1 is 1.00 bits per heavy atom. The van der Waals surface area contributed by atoms with Crippen LogP contribution in [0.1, 0.15) is 46.6 Å². The van der Waals surface area contributed by atoms with Crippen molar-refractivity contribution >= 4 is 35.0 Å². The predicted octanol–water partition coefficient (Wildman–Crippen LogP) is 5.98. The first-order chi connectivity index (χ1) is 14.9. The number of benzene rings is 3. The number of anilines is 2. The van der Waals surface area contributed by atoms with Crippen molar-refractivity contribution < 1.29 is 14.0 Å². The zero-order valence-electron chi connectivity index (χ0n) is 17.3. The highest BCUT2D eigenvalue weighted by Crippen LogP contribution is 2.42. The molecular weight excluding hydrogens is 411 g/mol. The highest BCUT2D eigenvalue weighted by Gasteiger charge is 2.34. The fourth-order valence-electron chi connectivity index (χ4n) is 3.51. The van der Waals surface area contributed by atoms with Crippen LogP contribution >= 0.6 is 11.8 Å². The van der Waals surface area contributed by atoms with E-state index in [1.165, 1.54) is 29.8 Å². The van der Waals surface area contributed by atoms with E-state index in [0.717, 1.165) is 11.3 Å². The molecule has 158 valence electrons. The van der Waals surface area contributed by atoms with Crippen LogP contribution in [-0.2, 0) is 4.79 Å². The quantitative estimate of drug-likeness (QED) is 0.537. The molecular formula is C25H23FN2O2S. The molecule has 31 heavy (non-hydrogen) atoms. The molecule has 4 nitrogen and oxygen atoms in total. The van der Waals surface area contributed by atoms with Gasteiger partial charge in [-0.25, -0.2) is 4.39 Å². The van der Waals surface area contributed by atoms with Crippen LogP contribution in [0.5, 0.6) is 0 Å². The fraction of sp³-hybridized carbons (Fsp3) is 0.200. The normalized spacial score (nSPS) is 16.1. The number of nitrogens with zero attached hydrogens (tertiary/aromatic N) is 1. The molecule has 4 rings (SSSR count). The van der Waals surface area contributed by atoms with Crippen molar-refractivity contribution in [2.75, 3.05) is 16.0 Å². The second kappa shape index (κ2) is 8.94. The minimum absolute atomic E-state index is 0.0842. The van der Waals surface area contributed by atoms with Gasteiger partial charge in [-0.3, -0.25) is 14.5 Å². The van der Waals surface area contributed by atoms with Crippen LogP contribution in [0.25, 0.3) is 0 Å². The van der Waals surface area contributed by atoms with Crippen molar-refractivity contribution in [3.8, 4) is 0 Å². The van der Waals surface area contributed by atoms with E-state index >= 15 is 0 Å². The first-order valence-corrected chi connectivity index (χ1v) is 11.2. The van der Waals surface area contributed by atoms with Gasteiger partial charge in [0.2, 0.25) is 5.91 Å². The highest BCUT2D eigenvalue weighted by atomic mass is 32.2. The number of carbonyl (C=O) groups is 2. The SMILES string of the molecule is CC(C)c1ccc(N2C(=O)CSC2c2ccc(NC(=O)c3ccc(F)cc3)cc2)cc1.